The van der Waals surface area contributed by atoms with Crippen molar-refractivity contribution in [2.24, 2.45) is 12.0 Å². The molecule has 0 atom stereocenters. The number of methoxy groups -OCH3 is 1. The monoisotopic (exact) mass is 354 g/mol. The predicted molar refractivity (Wildman–Crippen MR) is 102 cm³/mol. The van der Waals surface area contributed by atoms with Crippen molar-refractivity contribution in [3.8, 4) is 5.75 Å². The van der Waals surface area contributed by atoms with Crippen molar-refractivity contribution in [1.82, 2.24) is 4.57 Å². The number of nitrogens with zero attached hydrogens (tertiary/aromatic N) is 2. The first-order chi connectivity index (χ1) is 12.0. The highest BCUT2D eigenvalue weighted by Gasteiger charge is 2.10. The molecule has 5 heteroatoms. The highest BCUT2D eigenvalue weighted by Crippen LogP contribution is 2.26. The van der Waals surface area contributed by atoms with Gasteiger partial charge in [-0.15, -0.1) is 0 Å². The first-order valence-electron chi connectivity index (χ1n) is 8.28. The van der Waals surface area contributed by atoms with Gasteiger partial charge >= 0.3 is 0 Å². The Balaban J connectivity index is 1.88. The van der Waals surface area contributed by atoms with Crippen molar-refractivity contribution in [2.45, 2.75) is 26.2 Å². The van der Waals surface area contributed by atoms with E-state index in [1.807, 2.05) is 41.9 Å². The van der Waals surface area contributed by atoms with E-state index in [0.29, 0.717) is 17.1 Å². The number of para-hydroxylation sites is 1. The molecule has 0 spiro atoms. The van der Waals surface area contributed by atoms with Gasteiger partial charge in [0.2, 0.25) is 0 Å². The number of fused-ring (bicyclic) bond motifs is 1. The average Bonchev–Trinajstić information content (AvgIpc) is 2.91. The van der Waals surface area contributed by atoms with Gasteiger partial charge in [0.15, 0.2) is 4.80 Å². The molecule has 3 rings (SSSR count). The van der Waals surface area contributed by atoms with Gasteiger partial charge in [0.05, 0.1) is 18.2 Å². The number of ether oxygens (including phenoxy) is 1. The van der Waals surface area contributed by atoms with Crippen LogP contribution in [0.4, 0.5) is 0 Å². The molecule has 0 N–H and O–H groups in total. The van der Waals surface area contributed by atoms with E-state index < -0.39 is 0 Å². The third-order valence-corrected chi connectivity index (χ3v) is 5.32. The maximum Gasteiger partial charge on any atom is 0.252 e. The fourth-order valence-corrected chi connectivity index (χ4v) is 3.83. The van der Waals surface area contributed by atoms with Gasteiger partial charge in [-0.05, 0) is 29.2 Å². The van der Waals surface area contributed by atoms with Gasteiger partial charge in [-0.1, -0.05) is 55.5 Å². The largest absolute Gasteiger partial charge is 0.495 e. The standard InChI is InChI=1S/C20H22N2O2S/c1-13(2)15-10-8-14(9-11-15)12-18(23)21-20-22(3)19-16(24-4)6-5-7-17(19)25-20/h5-11,13H,12H2,1-4H3. The van der Waals surface area contributed by atoms with Crippen LogP contribution in [0.25, 0.3) is 10.2 Å². The molecule has 0 saturated heterocycles. The molecule has 130 valence electrons. The smallest absolute Gasteiger partial charge is 0.252 e. The van der Waals surface area contributed by atoms with Gasteiger partial charge in [-0.2, -0.15) is 4.99 Å². The minimum absolute atomic E-state index is 0.140. The van der Waals surface area contributed by atoms with Crippen LogP contribution in [0.1, 0.15) is 30.9 Å². The lowest BCUT2D eigenvalue weighted by molar-refractivity contribution is -0.117. The summed E-state index contributed by atoms with van der Waals surface area (Å²) in [6, 6.07) is 14.1. The number of rotatable bonds is 4. The van der Waals surface area contributed by atoms with Gasteiger partial charge in [-0.3, -0.25) is 4.79 Å². The Morgan fingerprint density at radius 1 is 1.20 bits per heavy atom. The number of aryl methyl sites for hydroxylation is 1. The molecule has 0 aliphatic rings. The summed E-state index contributed by atoms with van der Waals surface area (Å²) >= 11 is 1.49. The van der Waals surface area contributed by atoms with Crippen LogP contribution in [0.15, 0.2) is 47.5 Å². The number of hydrogen-bond donors (Lipinski definition) is 0. The van der Waals surface area contributed by atoms with E-state index in [4.69, 9.17) is 4.74 Å². The molecule has 0 saturated carbocycles. The first kappa shape index (κ1) is 17.4. The summed E-state index contributed by atoms with van der Waals surface area (Å²) in [5.74, 6) is 1.13. The summed E-state index contributed by atoms with van der Waals surface area (Å²) in [5, 5.41) is 0. The van der Waals surface area contributed by atoms with Crippen molar-refractivity contribution in [3.05, 3.63) is 58.4 Å². The SMILES string of the molecule is COc1cccc2sc(=NC(=O)Cc3ccc(C(C)C)cc3)n(C)c12. The fourth-order valence-electron chi connectivity index (χ4n) is 2.78. The van der Waals surface area contributed by atoms with Crippen molar-refractivity contribution >= 4 is 27.5 Å². The number of hydrogen-bond acceptors (Lipinski definition) is 3. The Bertz CT molecular complexity index is 966. The summed E-state index contributed by atoms with van der Waals surface area (Å²) in [4.78, 5) is 17.4. The van der Waals surface area contributed by atoms with Crippen LogP contribution in [-0.2, 0) is 18.3 Å². The molecular weight excluding hydrogens is 332 g/mol. The van der Waals surface area contributed by atoms with Crippen LogP contribution in [-0.4, -0.2) is 17.6 Å². The summed E-state index contributed by atoms with van der Waals surface area (Å²) in [5.41, 5.74) is 3.22. The van der Waals surface area contributed by atoms with E-state index in [1.54, 1.807) is 7.11 Å². The lowest BCUT2D eigenvalue weighted by Gasteiger charge is -2.05. The summed E-state index contributed by atoms with van der Waals surface area (Å²) < 4.78 is 8.38. The summed E-state index contributed by atoms with van der Waals surface area (Å²) in [7, 11) is 3.56. The molecule has 0 unspecified atom stereocenters. The molecule has 0 bridgehead atoms. The Labute approximate surface area is 151 Å². The maximum absolute atomic E-state index is 12.4. The van der Waals surface area contributed by atoms with Crippen molar-refractivity contribution < 1.29 is 9.53 Å². The molecule has 0 fully saturated rings. The van der Waals surface area contributed by atoms with Crippen molar-refractivity contribution in [3.63, 3.8) is 0 Å². The van der Waals surface area contributed by atoms with E-state index in [2.05, 4.69) is 31.0 Å². The highest BCUT2D eigenvalue weighted by atomic mass is 32.1. The van der Waals surface area contributed by atoms with Crippen LogP contribution >= 0.6 is 11.3 Å². The van der Waals surface area contributed by atoms with Gasteiger partial charge < -0.3 is 9.30 Å². The zero-order chi connectivity index (χ0) is 18.0. The molecule has 2 aromatic carbocycles. The fraction of sp³-hybridized carbons (Fsp3) is 0.300. The number of thiazole rings is 1. The average molecular weight is 354 g/mol. The van der Waals surface area contributed by atoms with Crippen LogP contribution in [0.2, 0.25) is 0 Å². The van der Waals surface area contributed by atoms with Crippen LogP contribution in [0, 0.1) is 0 Å². The Hall–Kier alpha value is -2.40. The first-order valence-corrected chi connectivity index (χ1v) is 9.10. The lowest BCUT2D eigenvalue weighted by atomic mass is 10.0. The van der Waals surface area contributed by atoms with E-state index in [1.165, 1.54) is 16.9 Å². The molecule has 25 heavy (non-hydrogen) atoms. The van der Waals surface area contributed by atoms with Crippen LogP contribution in [0.3, 0.4) is 0 Å². The molecule has 0 aliphatic heterocycles. The minimum atomic E-state index is -0.140. The molecule has 3 aromatic rings. The number of amides is 1. The number of carbonyl (C=O) groups is 1. The van der Waals surface area contributed by atoms with E-state index >= 15 is 0 Å². The number of benzene rings is 2. The van der Waals surface area contributed by atoms with Crippen molar-refractivity contribution in [1.29, 1.82) is 0 Å². The molecule has 1 aromatic heterocycles. The van der Waals surface area contributed by atoms with E-state index in [-0.39, 0.29) is 5.91 Å². The molecule has 0 radical (unpaired) electrons. The zero-order valence-corrected chi connectivity index (χ0v) is 15.8. The molecule has 1 amide bonds. The van der Waals surface area contributed by atoms with Gasteiger partial charge in [0.25, 0.3) is 5.91 Å². The molecule has 1 heterocycles. The normalized spacial score (nSPS) is 12.1. The van der Waals surface area contributed by atoms with E-state index in [9.17, 15) is 4.79 Å². The topological polar surface area (TPSA) is 43.6 Å². The zero-order valence-electron chi connectivity index (χ0n) is 14.9. The van der Waals surface area contributed by atoms with Gasteiger partial charge in [0.1, 0.15) is 11.3 Å². The predicted octanol–water partition coefficient (Wildman–Crippen LogP) is 4.04. The molecule has 0 aliphatic carbocycles. The van der Waals surface area contributed by atoms with Gasteiger partial charge in [0, 0.05) is 7.05 Å². The molecular formula is C20H22N2O2S. The Morgan fingerprint density at radius 2 is 1.92 bits per heavy atom. The third-order valence-electron chi connectivity index (χ3n) is 4.23. The quantitative estimate of drug-likeness (QED) is 0.710. The number of aromatic nitrogens is 1. The van der Waals surface area contributed by atoms with Crippen LogP contribution in [0.5, 0.6) is 5.75 Å². The minimum Gasteiger partial charge on any atom is -0.495 e. The summed E-state index contributed by atoms with van der Waals surface area (Å²) in [6.45, 7) is 4.32. The second kappa shape index (κ2) is 7.23. The summed E-state index contributed by atoms with van der Waals surface area (Å²) in [6.07, 6.45) is 0.309. The van der Waals surface area contributed by atoms with E-state index in [0.717, 1.165) is 21.5 Å². The second-order valence-corrected chi connectivity index (χ2v) is 7.34. The van der Waals surface area contributed by atoms with Crippen molar-refractivity contribution in [2.75, 3.05) is 7.11 Å². The maximum atomic E-state index is 12.4. The third kappa shape index (κ3) is 3.66. The molecule has 4 nitrogen and oxygen atoms in total. The Morgan fingerprint density at radius 3 is 2.56 bits per heavy atom. The second-order valence-electron chi connectivity index (χ2n) is 6.33. The lowest BCUT2D eigenvalue weighted by Crippen LogP contribution is -2.14. The Kier molecular flexibility index (Phi) is 5.04. The number of carbonyl (C=O) groups excluding carboxylic acids is 1. The van der Waals surface area contributed by atoms with Gasteiger partial charge in [-0.25, -0.2) is 0 Å². The van der Waals surface area contributed by atoms with Crippen LogP contribution < -0.4 is 9.54 Å². The highest BCUT2D eigenvalue weighted by molar-refractivity contribution is 7.16.